The molecule has 1 N–H and O–H groups in total. The predicted molar refractivity (Wildman–Crippen MR) is 110 cm³/mol. The third kappa shape index (κ3) is 4.67. The third-order valence-electron chi connectivity index (χ3n) is 3.94. The van der Waals surface area contributed by atoms with E-state index in [-0.39, 0.29) is 11.8 Å². The molecule has 0 aromatic heterocycles. The lowest BCUT2D eigenvalue weighted by molar-refractivity contribution is 0.0993. The normalized spacial score (nSPS) is 10.3. The molecular formula is C21H16Cl2N2O2. The second-order valence-electron chi connectivity index (χ2n) is 5.89. The first kappa shape index (κ1) is 19.0. The highest BCUT2D eigenvalue weighted by molar-refractivity contribution is 6.35. The minimum absolute atomic E-state index is 0.207. The van der Waals surface area contributed by atoms with Crippen LogP contribution in [-0.4, -0.2) is 18.9 Å². The zero-order valence-electron chi connectivity index (χ0n) is 14.4. The number of anilines is 2. The van der Waals surface area contributed by atoms with E-state index in [1.807, 2.05) is 30.3 Å². The van der Waals surface area contributed by atoms with Crippen molar-refractivity contribution in [3.8, 4) is 0 Å². The zero-order valence-corrected chi connectivity index (χ0v) is 16.0. The SMILES string of the molecule is CN(C(=O)c1cccc(C(=O)Nc2cc(Cl)cc(Cl)c2)c1)c1ccccc1. The summed E-state index contributed by atoms with van der Waals surface area (Å²) < 4.78 is 0. The van der Waals surface area contributed by atoms with Crippen molar-refractivity contribution in [3.05, 3.63) is 94.0 Å². The number of amides is 2. The second-order valence-corrected chi connectivity index (χ2v) is 6.77. The molecule has 0 atom stereocenters. The van der Waals surface area contributed by atoms with E-state index in [9.17, 15) is 9.59 Å². The molecule has 0 saturated carbocycles. The molecule has 0 unspecified atom stereocenters. The van der Waals surface area contributed by atoms with Crippen molar-refractivity contribution in [2.75, 3.05) is 17.3 Å². The van der Waals surface area contributed by atoms with Gasteiger partial charge in [0.2, 0.25) is 0 Å². The van der Waals surface area contributed by atoms with Crippen LogP contribution in [0.2, 0.25) is 10.0 Å². The highest BCUT2D eigenvalue weighted by Crippen LogP contribution is 2.23. The van der Waals surface area contributed by atoms with Crippen molar-refractivity contribution in [3.63, 3.8) is 0 Å². The first-order valence-corrected chi connectivity index (χ1v) is 8.90. The maximum absolute atomic E-state index is 12.7. The number of halogens is 2. The number of nitrogens with zero attached hydrogens (tertiary/aromatic N) is 1. The van der Waals surface area contributed by atoms with E-state index in [1.54, 1.807) is 49.5 Å². The molecule has 3 aromatic carbocycles. The van der Waals surface area contributed by atoms with Crippen LogP contribution < -0.4 is 10.2 Å². The van der Waals surface area contributed by atoms with E-state index in [4.69, 9.17) is 23.2 Å². The summed E-state index contributed by atoms with van der Waals surface area (Å²) in [6.45, 7) is 0. The Morgan fingerprint density at radius 1 is 0.815 bits per heavy atom. The van der Waals surface area contributed by atoms with Crippen molar-refractivity contribution in [1.82, 2.24) is 0 Å². The number of benzene rings is 3. The van der Waals surface area contributed by atoms with E-state index in [1.165, 1.54) is 4.90 Å². The molecule has 0 aliphatic heterocycles. The lowest BCUT2D eigenvalue weighted by atomic mass is 10.1. The molecule has 3 aromatic rings. The summed E-state index contributed by atoms with van der Waals surface area (Å²) in [5.41, 5.74) is 2.03. The van der Waals surface area contributed by atoms with Crippen LogP contribution in [0, 0.1) is 0 Å². The van der Waals surface area contributed by atoms with E-state index in [0.29, 0.717) is 26.9 Å². The van der Waals surface area contributed by atoms with Gasteiger partial charge in [0.1, 0.15) is 0 Å². The fraction of sp³-hybridized carbons (Fsp3) is 0.0476. The van der Waals surface area contributed by atoms with Gasteiger partial charge in [-0.25, -0.2) is 0 Å². The third-order valence-corrected chi connectivity index (χ3v) is 4.38. The average Bonchev–Trinajstić information content (AvgIpc) is 2.67. The molecule has 27 heavy (non-hydrogen) atoms. The maximum atomic E-state index is 12.7. The molecule has 0 fully saturated rings. The zero-order chi connectivity index (χ0) is 19.4. The van der Waals surface area contributed by atoms with Crippen molar-refractivity contribution < 1.29 is 9.59 Å². The number of carbonyl (C=O) groups excluding carboxylic acids is 2. The van der Waals surface area contributed by atoms with Crippen LogP contribution in [0.4, 0.5) is 11.4 Å². The molecule has 0 bridgehead atoms. The van der Waals surface area contributed by atoms with Crippen LogP contribution in [-0.2, 0) is 0 Å². The average molecular weight is 399 g/mol. The molecule has 6 heteroatoms. The Labute approximate surface area is 167 Å². The molecule has 0 radical (unpaired) electrons. The van der Waals surface area contributed by atoms with Crippen LogP contribution >= 0.6 is 23.2 Å². The van der Waals surface area contributed by atoms with Gasteiger partial charge in [-0.3, -0.25) is 9.59 Å². The number of hydrogen-bond donors (Lipinski definition) is 1. The largest absolute Gasteiger partial charge is 0.322 e. The van der Waals surface area contributed by atoms with Gasteiger partial charge in [0.25, 0.3) is 11.8 Å². The van der Waals surface area contributed by atoms with Crippen LogP contribution in [0.25, 0.3) is 0 Å². The smallest absolute Gasteiger partial charge is 0.258 e. The quantitative estimate of drug-likeness (QED) is 0.628. The fourth-order valence-corrected chi connectivity index (χ4v) is 3.11. The lowest BCUT2D eigenvalue weighted by Crippen LogP contribution is -2.26. The highest BCUT2D eigenvalue weighted by Gasteiger charge is 2.15. The van der Waals surface area contributed by atoms with Crippen molar-refractivity contribution in [2.24, 2.45) is 0 Å². The summed E-state index contributed by atoms with van der Waals surface area (Å²) in [6, 6.07) is 20.6. The van der Waals surface area contributed by atoms with Crippen molar-refractivity contribution in [2.45, 2.75) is 0 Å². The molecular weight excluding hydrogens is 383 g/mol. The van der Waals surface area contributed by atoms with Crippen LogP contribution in [0.3, 0.4) is 0 Å². The first-order valence-electron chi connectivity index (χ1n) is 8.14. The fourth-order valence-electron chi connectivity index (χ4n) is 2.59. The van der Waals surface area contributed by atoms with Gasteiger partial charge in [-0.1, -0.05) is 47.5 Å². The molecule has 0 heterocycles. The Bertz CT molecular complexity index is 970. The Morgan fingerprint density at radius 3 is 2.11 bits per heavy atom. The van der Waals surface area contributed by atoms with E-state index in [0.717, 1.165) is 5.69 Å². The topological polar surface area (TPSA) is 49.4 Å². The summed E-state index contributed by atoms with van der Waals surface area (Å²) in [7, 11) is 1.69. The number of para-hydroxylation sites is 1. The molecule has 0 spiro atoms. The monoisotopic (exact) mass is 398 g/mol. The first-order chi connectivity index (χ1) is 12.9. The van der Waals surface area contributed by atoms with Gasteiger partial charge in [-0.05, 0) is 48.5 Å². The van der Waals surface area contributed by atoms with Gasteiger partial charge in [0, 0.05) is 39.6 Å². The van der Waals surface area contributed by atoms with Gasteiger partial charge >= 0.3 is 0 Å². The Hall–Kier alpha value is -2.82. The standard InChI is InChI=1S/C21H16Cl2N2O2/c1-25(19-8-3-2-4-9-19)21(27)15-7-5-6-14(10-15)20(26)24-18-12-16(22)11-17(23)13-18/h2-13H,1H3,(H,24,26). The Kier molecular flexibility index (Phi) is 5.79. The van der Waals surface area contributed by atoms with Crippen LogP contribution in [0.15, 0.2) is 72.8 Å². The van der Waals surface area contributed by atoms with E-state index in [2.05, 4.69) is 5.32 Å². The molecule has 136 valence electrons. The number of carbonyl (C=O) groups is 2. The van der Waals surface area contributed by atoms with Crippen molar-refractivity contribution >= 4 is 46.4 Å². The van der Waals surface area contributed by atoms with Crippen molar-refractivity contribution in [1.29, 1.82) is 0 Å². The number of rotatable bonds is 4. The molecule has 0 aliphatic carbocycles. The predicted octanol–water partition coefficient (Wildman–Crippen LogP) is 5.52. The lowest BCUT2D eigenvalue weighted by Gasteiger charge is -2.17. The second kappa shape index (κ2) is 8.25. The van der Waals surface area contributed by atoms with Gasteiger partial charge in [-0.15, -0.1) is 0 Å². The maximum Gasteiger partial charge on any atom is 0.258 e. The summed E-state index contributed by atoms with van der Waals surface area (Å²) in [4.78, 5) is 26.8. The summed E-state index contributed by atoms with van der Waals surface area (Å²) in [6.07, 6.45) is 0. The number of nitrogens with one attached hydrogen (secondary N) is 1. The minimum Gasteiger partial charge on any atom is -0.322 e. The minimum atomic E-state index is -0.356. The molecule has 0 aliphatic rings. The number of hydrogen-bond acceptors (Lipinski definition) is 2. The van der Waals surface area contributed by atoms with Gasteiger partial charge in [-0.2, -0.15) is 0 Å². The summed E-state index contributed by atoms with van der Waals surface area (Å²) >= 11 is 11.9. The summed E-state index contributed by atoms with van der Waals surface area (Å²) in [5, 5.41) is 3.58. The molecule has 0 saturated heterocycles. The van der Waals surface area contributed by atoms with Gasteiger partial charge in [0.05, 0.1) is 0 Å². The van der Waals surface area contributed by atoms with Gasteiger partial charge < -0.3 is 10.2 Å². The molecule has 4 nitrogen and oxygen atoms in total. The van der Waals surface area contributed by atoms with Crippen LogP contribution in [0.5, 0.6) is 0 Å². The van der Waals surface area contributed by atoms with E-state index >= 15 is 0 Å². The molecule has 3 rings (SSSR count). The molecule has 2 amide bonds. The van der Waals surface area contributed by atoms with E-state index < -0.39 is 0 Å². The van der Waals surface area contributed by atoms with Gasteiger partial charge in [0.15, 0.2) is 0 Å². The Balaban J connectivity index is 1.80. The summed E-state index contributed by atoms with van der Waals surface area (Å²) in [5.74, 6) is -0.563. The Morgan fingerprint density at radius 2 is 1.44 bits per heavy atom. The highest BCUT2D eigenvalue weighted by atomic mass is 35.5. The van der Waals surface area contributed by atoms with Crippen LogP contribution in [0.1, 0.15) is 20.7 Å².